The molecule has 2 nitrogen and oxygen atoms in total. The van der Waals surface area contributed by atoms with Gasteiger partial charge in [-0.1, -0.05) is 27.7 Å². The molecule has 0 aliphatic heterocycles. The van der Waals surface area contributed by atoms with Crippen LogP contribution in [0, 0.1) is 5.92 Å². The third kappa shape index (κ3) is 9.84. The first kappa shape index (κ1) is 12.9. The molecule has 0 bridgehead atoms. The fourth-order valence-electron chi connectivity index (χ4n) is 1.45. The van der Waals surface area contributed by atoms with Crippen molar-refractivity contribution in [3.8, 4) is 0 Å². The van der Waals surface area contributed by atoms with Crippen LogP contribution >= 0.6 is 0 Å². The predicted molar refractivity (Wildman–Crippen MR) is 60.1 cm³/mol. The zero-order valence-electron chi connectivity index (χ0n) is 9.93. The molecule has 13 heavy (non-hydrogen) atoms. The molecule has 80 valence electrons. The Morgan fingerprint density at radius 1 is 1.15 bits per heavy atom. The van der Waals surface area contributed by atoms with Crippen molar-refractivity contribution >= 4 is 0 Å². The van der Waals surface area contributed by atoms with Crippen molar-refractivity contribution in [3.63, 3.8) is 0 Å². The molecule has 1 N–H and O–H groups in total. The monoisotopic (exact) mass is 186 g/mol. The van der Waals surface area contributed by atoms with Crippen molar-refractivity contribution in [2.24, 2.45) is 5.92 Å². The highest BCUT2D eigenvalue weighted by Crippen LogP contribution is 1.96. The van der Waals surface area contributed by atoms with Gasteiger partial charge in [0.1, 0.15) is 0 Å². The lowest BCUT2D eigenvalue weighted by atomic mass is 10.2. The minimum absolute atomic E-state index is 0.621. The Hall–Kier alpha value is -0.0800. The molecule has 0 atom stereocenters. The molecule has 0 amide bonds. The molecule has 0 aliphatic rings. The minimum Gasteiger partial charge on any atom is -0.314 e. The van der Waals surface area contributed by atoms with E-state index in [1.165, 1.54) is 19.5 Å². The molecule has 0 aromatic heterocycles. The van der Waals surface area contributed by atoms with E-state index in [4.69, 9.17) is 0 Å². The number of nitrogens with zero attached hydrogens (tertiary/aromatic N) is 1. The fourth-order valence-corrected chi connectivity index (χ4v) is 1.45. The van der Waals surface area contributed by atoms with Gasteiger partial charge in [0, 0.05) is 12.6 Å². The molecule has 0 spiro atoms. The van der Waals surface area contributed by atoms with Crippen LogP contribution in [0.1, 0.15) is 34.1 Å². The average Bonchev–Trinajstić information content (AvgIpc) is 1.96. The Morgan fingerprint density at radius 3 is 2.23 bits per heavy atom. The molecule has 0 heterocycles. The maximum atomic E-state index is 3.43. The van der Waals surface area contributed by atoms with Gasteiger partial charge >= 0.3 is 0 Å². The topological polar surface area (TPSA) is 15.3 Å². The second kappa shape index (κ2) is 7.34. The van der Waals surface area contributed by atoms with Crippen molar-refractivity contribution in [3.05, 3.63) is 0 Å². The van der Waals surface area contributed by atoms with Crippen molar-refractivity contribution in [2.45, 2.75) is 40.2 Å². The quantitative estimate of drug-likeness (QED) is 0.612. The summed E-state index contributed by atoms with van der Waals surface area (Å²) < 4.78 is 0. The Bertz CT molecular complexity index is 111. The van der Waals surface area contributed by atoms with Gasteiger partial charge in [0.15, 0.2) is 0 Å². The molecule has 0 saturated carbocycles. The van der Waals surface area contributed by atoms with Crippen LogP contribution in [-0.4, -0.2) is 37.6 Å². The van der Waals surface area contributed by atoms with Crippen LogP contribution in [0.15, 0.2) is 0 Å². The second-order valence-corrected chi connectivity index (χ2v) is 4.62. The van der Waals surface area contributed by atoms with Gasteiger partial charge in [-0.25, -0.2) is 0 Å². The number of rotatable bonds is 7. The largest absolute Gasteiger partial charge is 0.314 e. The minimum atomic E-state index is 0.621. The molecule has 0 aromatic carbocycles. The second-order valence-electron chi connectivity index (χ2n) is 4.62. The van der Waals surface area contributed by atoms with Crippen LogP contribution in [0.3, 0.4) is 0 Å². The highest BCUT2D eigenvalue weighted by Gasteiger charge is 2.00. The lowest BCUT2D eigenvalue weighted by molar-refractivity contribution is 0.289. The van der Waals surface area contributed by atoms with Gasteiger partial charge < -0.3 is 10.2 Å². The van der Waals surface area contributed by atoms with E-state index in [-0.39, 0.29) is 0 Å². The van der Waals surface area contributed by atoms with Gasteiger partial charge in [0.05, 0.1) is 0 Å². The Morgan fingerprint density at radius 2 is 1.77 bits per heavy atom. The SMILES string of the molecule is CC(C)CN(C)CCCNC(C)C. The van der Waals surface area contributed by atoms with E-state index in [0.717, 1.165) is 12.5 Å². The number of nitrogens with one attached hydrogen (secondary N) is 1. The summed E-state index contributed by atoms with van der Waals surface area (Å²) in [5, 5.41) is 3.43. The first-order valence-electron chi connectivity index (χ1n) is 5.44. The number of hydrogen-bond acceptors (Lipinski definition) is 2. The van der Waals surface area contributed by atoms with Crippen LogP contribution in [0.25, 0.3) is 0 Å². The van der Waals surface area contributed by atoms with Crippen molar-refractivity contribution < 1.29 is 0 Å². The smallest absolute Gasteiger partial charge is 0.00103 e. The highest BCUT2D eigenvalue weighted by molar-refractivity contribution is 4.58. The maximum absolute atomic E-state index is 3.43. The first-order chi connectivity index (χ1) is 6.02. The Labute approximate surface area is 83.7 Å². The fraction of sp³-hybridized carbons (Fsp3) is 1.00. The van der Waals surface area contributed by atoms with Gasteiger partial charge in [-0.05, 0) is 32.5 Å². The molecule has 0 saturated heterocycles. The van der Waals surface area contributed by atoms with E-state index in [1.54, 1.807) is 0 Å². The highest BCUT2D eigenvalue weighted by atomic mass is 15.1. The molecular formula is C11H26N2. The van der Waals surface area contributed by atoms with Crippen molar-refractivity contribution in [1.29, 1.82) is 0 Å². The zero-order valence-corrected chi connectivity index (χ0v) is 9.93. The van der Waals surface area contributed by atoms with E-state index in [0.29, 0.717) is 6.04 Å². The summed E-state index contributed by atoms with van der Waals surface area (Å²) in [6, 6.07) is 0.621. The van der Waals surface area contributed by atoms with E-state index >= 15 is 0 Å². The Kier molecular flexibility index (Phi) is 7.29. The van der Waals surface area contributed by atoms with Crippen molar-refractivity contribution in [1.82, 2.24) is 10.2 Å². The maximum Gasteiger partial charge on any atom is 0.00103 e. The number of hydrogen-bond donors (Lipinski definition) is 1. The molecule has 0 unspecified atom stereocenters. The lowest BCUT2D eigenvalue weighted by Gasteiger charge is -2.19. The molecule has 0 rings (SSSR count). The summed E-state index contributed by atoms with van der Waals surface area (Å²) in [6.07, 6.45) is 1.25. The molecule has 0 aliphatic carbocycles. The summed E-state index contributed by atoms with van der Waals surface area (Å²) in [7, 11) is 2.20. The molecular weight excluding hydrogens is 160 g/mol. The molecule has 0 fully saturated rings. The van der Waals surface area contributed by atoms with Crippen LogP contribution in [0.2, 0.25) is 0 Å². The van der Waals surface area contributed by atoms with Gasteiger partial charge in [-0.15, -0.1) is 0 Å². The zero-order chi connectivity index (χ0) is 10.3. The van der Waals surface area contributed by atoms with Gasteiger partial charge in [-0.2, -0.15) is 0 Å². The van der Waals surface area contributed by atoms with Gasteiger partial charge in [0.25, 0.3) is 0 Å². The van der Waals surface area contributed by atoms with E-state index in [2.05, 4.69) is 45.0 Å². The normalized spacial score (nSPS) is 12.0. The summed E-state index contributed by atoms with van der Waals surface area (Å²) in [4.78, 5) is 2.41. The third-order valence-corrected chi connectivity index (χ3v) is 1.95. The van der Waals surface area contributed by atoms with Crippen LogP contribution < -0.4 is 5.32 Å². The van der Waals surface area contributed by atoms with E-state index < -0.39 is 0 Å². The molecule has 0 radical (unpaired) electrons. The first-order valence-corrected chi connectivity index (χ1v) is 5.44. The van der Waals surface area contributed by atoms with Gasteiger partial charge in [-0.3, -0.25) is 0 Å². The summed E-state index contributed by atoms with van der Waals surface area (Å²) in [5.74, 6) is 0.781. The third-order valence-electron chi connectivity index (χ3n) is 1.95. The average molecular weight is 186 g/mol. The van der Waals surface area contributed by atoms with Gasteiger partial charge in [0.2, 0.25) is 0 Å². The van der Waals surface area contributed by atoms with Crippen molar-refractivity contribution in [2.75, 3.05) is 26.7 Å². The van der Waals surface area contributed by atoms with Crippen LogP contribution in [0.5, 0.6) is 0 Å². The summed E-state index contributed by atoms with van der Waals surface area (Å²) in [5.41, 5.74) is 0. The summed E-state index contributed by atoms with van der Waals surface area (Å²) in [6.45, 7) is 12.5. The molecule has 0 aromatic rings. The predicted octanol–water partition coefficient (Wildman–Crippen LogP) is 1.96. The van der Waals surface area contributed by atoms with E-state index in [1.807, 2.05) is 0 Å². The van der Waals surface area contributed by atoms with Crippen LogP contribution in [-0.2, 0) is 0 Å². The molecule has 2 heteroatoms. The van der Waals surface area contributed by atoms with Crippen LogP contribution in [0.4, 0.5) is 0 Å². The summed E-state index contributed by atoms with van der Waals surface area (Å²) >= 11 is 0. The lowest BCUT2D eigenvalue weighted by Crippen LogP contribution is -2.29. The van der Waals surface area contributed by atoms with E-state index in [9.17, 15) is 0 Å². The Balaban J connectivity index is 3.22. The standard InChI is InChI=1S/C11H26N2/c1-10(2)9-13(5)8-6-7-12-11(3)4/h10-12H,6-9H2,1-5H3.